The van der Waals surface area contributed by atoms with E-state index in [1.807, 2.05) is 18.2 Å². The van der Waals surface area contributed by atoms with Gasteiger partial charge in [0.15, 0.2) is 0 Å². The first-order valence-corrected chi connectivity index (χ1v) is 7.19. The second-order valence-electron chi connectivity index (χ2n) is 4.82. The monoisotopic (exact) mass is 249 g/mol. The number of para-hydroxylation sites is 1. The number of nitrogens with one attached hydrogen (secondary N) is 1. The summed E-state index contributed by atoms with van der Waals surface area (Å²) in [6.07, 6.45) is 4.71. The third-order valence-corrected chi connectivity index (χ3v) is 3.22. The van der Waals surface area contributed by atoms with Gasteiger partial charge in [0.1, 0.15) is 5.75 Å². The molecule has 102 valence electrons. The van der Waals surface area contributed by atoms with Crippen molar-refractivity contribution in [2.24, 2.45) is 0 Å². The second kappa shape index (κ2) is 8.98. The van der Waals surface area contributed by atoms with Crippen molar-refractivity contribution in [2.75, 3.05) is 13.2 Å². The highest BCUT2D eigenvalue weighted by molar-refractivity contribution is 5.31. The number of benzene rings is 1. The number of rotatable bonds is 9. The predicted molar refractivity (Wildman–Crippen MR) is 78.3 cm³/mol. The van der Waals surface area contributed by atoms with Gasteiger partial charge in [-0.2, -0.15) is 0 Å². The Morgan fingerprint density at radius 3 is 2.67 bits per heavy atom. The van der Waals surface area contributed by atoms with Crippen LogP contribution < -0.4 is 10.1 Å². The summed E-state index contributed by atoms with van der Waals surface area (Å²) in [7, 11) is 0. The van der Waals surface area contributed by atoms with Gasteiger partial charge in [-0.15, -0.1) is 0 Å². The largest absolute Gasteiger partial charge is 0.493 e. The first-order chi connectivity index (χ1) is 8.77. The Kier molecular flexibility index (Phi) is 7.51. The summed E-state index contributed by atoms with van der Waals surface area (Å²) in [6.45, 7) is 8.48. The fraction of sp³-hybridized carbons (Fsp3) is 0.625. The predicted octanol–water partition coefficient (Wildman–Crippen LogP) is 3.93. The van der Waals surface area contributed by atoms with E-state index < -0.39 is 0 Å². The van der Waals surface area contributed by atoms with Crippen LogP contribution in [0.4, 0.5) is 0 Å². The molecule has 1 aromatic carbocycles. The molecule has 1 N–H and O–H groups in total. The molecule has 0 spiro atoms. The lowest BCUT2D eigenvalue weighted by molar-refractivity contribution is 0.292. The standard InChI is InChI=1S/C16H27NO/c1-4-12-17-15(5-2)10-8-13-18-16-11-7-6-9-14(16)3/h6-7,9,11,15,17H,4-5,8,10,12-13H2,1-3H3. The smallest absolute Gasteiger partial charge is 0.122 e. The van der Waals surface area contributed by atoms with Crippen LogP contribution in [0.5, 0.6) is 5.75 Å². The van der Waals surface area contributed by atoms with E-state index in [1.54, 1.807) is 0 Å². The Morgan fingerprint density at radius 2 is 2.00 bits per heavy atom. The molecule has 0 aliphatic heterocycles. The normalized spacial score (nSPS) is 12.4. The van der Waals surface area contributed by atoms with Crippen LogP contribution in [-0.4, -0.2) is 19.2 Å². The van der Waals surface area contributed by atoms with Crippen molar-refractivity contribution in [1.29, 1.82) is 0 Å². The summed E-state index contributed by atoms with van der Waals surface area (Å²) in [5, 5.41) is 3.57. The lowest BCUT2D eigenvalue weighted by Crippen LogP contribution is -2.29. The molecule has 0 saturated heterocycles. The average molecular weight is 249 g/mol. The van der Waals surface area contributed by atoms with Crippen LogP contribution in [0.3, 0.4) is 0 Å². The SMILES string of the molecule is CCCNC(CC)CCCOc1ccccc1C. The van der Waals surface area contributed by atoms with Crippen molar-refractivity contribution in [1.82, 2.24) is 5.32 Å². The first-order valence-electron chi connectivity index (χ1n) is 7.19. The highest BCUT2D eigenvalue weighted by Crippen LogP contribution is 2.16. The van der Waals surface area contributed by atoms with Crippen LogP contribution in [0, 0.1) is 6.92 Å². The highest BCUT2D eigenvalue weighted by Gasteiger charge is 2.04. The van der Waals surface area contributed by atoms with Crippen molar-refractivity contribution in [3.63, 3.8) is 0 Å². The van der Waals surface area contributed by atoms with Gasteiger partial charge in [-0.1, -0.05) is 32.0 Å². The van der Waals surface area contributed by atoms with E-state index in [4.69, 9.17) is 4.74 Å². The fourth-order valence-corrected chi connectivity index (χ4v) is 2.03. The third-order valence-electron chi connectivity index (χ3n) is 3.22. The van der Waals surface area contributed by atoms with Gasteiger partial charge < -0.3 is 10.1 Å². The minimum absolute atomic E-state index is 0.644. The van der Waals surface area contributed by atoms with Crippen LogP contribution >= 0.6 is 0 Å². The summed E-state index contributed by atoms with van der Waals surface area (Å²) >= 11 is 0. The van der Waals surface area contributed by atoms with Crippen molar-refractivity contribution in [2.45, 2.75) is 52.5 Å². The molecule has 0 aliphatic carbocycles. The van der Waals surface area contributed by atoms with E-state index in [2.05, 4.69) is 32.2 Å². The summed E-state index contributed by atoms with van der Waals surface area (Å²) in [4.78, 5) is 0. The molecule has 0 saturated carbocycles. The minimum atomic E-state index is 0.644. The Bertz CT molecular complexity index is 325. The van der Waals surface area contributed by atoms with E-state index in [-0.39, 0.29) is 0 Å². The van der Waals surface area contributed by atoms with E-state index >= 15 is 0 Å². The quantitative estimate of drug-likeness (QED) is 0.669. The molecule has 0 aromatic heterocycles. The molecule has 1 aromatic rings. The Hall–Kier alpha value is -1.02. The summed E-state index contributed by atoms with van der Waals surface area (Å²) < 4.78 is 5.81. The molecular weight excluding hydrogens is 222 g/mol. The molecule has 1 rings (SSSR count). The first kappa shape index (κ1) is 15.0. The molecule has 1 unspecified atom stereocenters. The lowest BCUT2D eigenvalue weighted by Gasteiger charge is -2.16. The van der Waals surface area contributed by atoms with Crippen LogP contribution in [0.25, 0.3) is 0 Å². The van der Waals surface area contributed by atoms with E-state index in [0.717, 1.165) is 25.3 Å². The van der Waals surface area contributed by atoms with Gasteiger partial charge in [-0.05, 0) is 50.8 Å². The van der Waals surface area contributed by atoms with Crippen LogP contribution in [0.1, 0.15) is 45.1 Å². The van der Waals surface area contributed by atoms with E-state index in [9.17, 15) is 0 Å². The zero-order valence-electron chi connectivity index (χ0n) is 12.0. The molecule has 1 atom stereocenters. The second-order valence-corrected chi connectivity index (χ2v) is 4.82. The van der Waals surface area contributed by atoms with Crippen molar-refractivity contribution in [3.05, 3.63) is 29.8 Å². The highest BCUT2D eigenvalue weighted by atomic mass is 16.5. The third kappa shape index (κ3) is 5.54. The maximum absolute atomic E-state index is 5.81. The molecule has 0 heterocycles. The molecule has 2 nitrogen and oxygen atoms in total. The molecule has 2 heteroatoms. The van der Waals surface area contributed by atoms with Gasteiger partial charge in [0.2, 0.25) is 0 Å². The van der Waals surface area contributed by atoms with E-state index in [0.29, 0.717) is 6.04 Å². The average Bonchev–Trinajstić information content (AvgIpc) is 2.40. The number of hydrogen-bond donors (Lipinski definition) is 1. The van der Waals surface area contributed by atoms with Crippen LogP contribution in [-0.2, 0) is 0 Å². The Balaban J connectivity index is 2.19. The maximum atomic E-state index is 5.81. The zero-order valence-corrected chi connectivity index (χ0v) is 12.0. The molecule has 0 aliphatic rings. The number of ether oxygens (including phenoxy) is 1. The van der Waals surface area contributed by atoms with Crippen molar-refractivity contribution in [3.8, 4) is 5.75 Å². The summed E-state index contributed by atoms with van der Waals surface area (Å²) in [5.41, 5.74) is 1.22. The summed E-state index contributed by atoms with van der Waals surface area (Å²) in [5.74, 6) is 1.02. The molecule has 18 heavy (non-hydrogen) atoms. The zero-order chi connectivity index (χ0) is 13.2. The van der Waals surface area contributed by atoms with Gasteiger partial charge >= 0.3 is 0 Å². The van der Waals surface area contributed by atoms with Gasteiger partial charge in [0.05, 0.1) is 6.61 Å². The molecule has 0 amide bonds. The van der Waals surface area contributed by atoms with Crippen LogP contribution in [0.2, 0.25) is 0 Å². The fourth-order valence-electron chi connectivity index (χ4n) is 2.03. The van der Waals surface area contributed by atoms with Gasteiger partial charge in [0, 0.05) is 6.04 Å². The van der Waals surface area contributed by atoms with Crippen LogP contribution in [0.15, 0.2) is 24.3 Å². The number of aryl methyl sites for hydroxylation is 1. The molecule has 0 fully saturated rings. The molecular formula is C16H27NO. The van der Waals surface area contributed by atoms with Gasteiger partial charge in [-0.25, -0.2) is 0 Å². The Morgan fingerprint density at radius 1 is 1.22 bits per heavy atom. The van der Waals surface area contributed by atoms with Gasteiger partial charge in [0.25, 0.3) is 0 Å². The molecule has 0 radical (unpaired) electrons. The molecule has 0 bridgehead atoms. The van der Waals surface area contributed by atoms with Crippen molar-refractivity contribution >= 4 is 0 Å². The number of hydrogen-bond acceptors (Lipinski definition) is 2. The van der Waals surface area contributed by atoms with Crippen molar-refractivity contribution < 1.29 is 4.74 Å². The topological polar surface area (TPSA) is 21.3 Å². The lowest BCUT2D eigenvalue weighted by atomic mass is 10.1. The maximum Gasteiger partial charge on any atom is 0.122 e. The minimum Gasteiger partial charge on any atom is -0.493 e. The summed E-state index contributed by atoms with van der Waals surface area (Å²) in [6, 6.07) is 8.85. The van der Waals surface area contributed by atoms with E-state index in [1.165, 1.54) is 24.8 Å². The van der Waals surface area contributed by atoms with Gasteiger partial charge in [-0.3, -0.25) is 0 Å². The Labute approximate surface area is 112 Å².